The maximum Gasteiger partial charge on any atom is 0.295 e. The van der Waals surface area contributed by atoms with Crippen molar-refractivity contribution >= 4 is 48.1 Å². The molecule has 0 aliphatic carbocycles. The van der Waals surface area contributed by atoms with Gasteiger partial charge in [0.05, 0.1) is 10.7 Å². The monoisotopic (exact) mass is 332 g/mol. The normalized spacial score (nSPS) is 11.7. The van der Waals surface area contributed by atoms with Gasteiger partial charge in [-0.3, -0.25) is 10.1 Å². The van der Waals surface area contributed by atoms with Crippen LogP contribution in [0.15, 0.2) is 35.4 Å². The van der Waals surface area contributed by atoms with Gasteiger partial charge in [0, 0.05) is 39.0 Å². The average molecular weight is 333 g/mol. The van der Waals surface area contributed by atoms with E-state index in [0.29, 0.717) is 5.39 Å². The van der Waals surface area contributed by atoms with Crippen molar-refractivity contribution in [1.29, 1.82) is 0 Å². The highest BCUT2D eigenvalue weighted by Gasteiger charge is 2.16. The Morgan fingerprint density at radius 3 is 2.75 bits per heavy atom. The molecule has 1 aromatic heterocycles. The van der Waals surface area contributed by atoms with Gasteiger partial charge in [0.2, 0.25) is 9.05 Å². The van der Waals surface area contributed by atoms with Gasteiger partial charge in [-0.05, 0) is 18.2 Å². The average Bonchev–Trinajstić information content (AvgIpc) is 2.37. The quantitative estimate of drug-likeness (QED) is 0.362. The third-order valence-corrected chi connectivity index (χ3v) is 4.98. The van der Waals surface area contributed by atoms with Crippen LogP contribution in [0.4, 0.5) is 5.69 Å². The molecule has 0 bridgehead atoms. The predicted molar refractivity (Wildman–Crippen MR) is 78.8 cm³/mol. The molecule has 0 amide bonds. The molecule has 2 rings (SSSR count). The Hall–Kier alpha value is -1.38. The van der Waals surface area contributed by atoms with Gasteiger partial charge >= 0.3 is 0 Å². The van der Waals surface area contributed by atoms with Gasteiger partial charge in [0.25, 0.3) is 5.69 Å². The molecule has 1 aromatic carbocycles. The lowest BCUT2D eigenvalue weighted by Crippen LogP contribution is -2.00. The van der Waals surface area contributed by atoms with Crippen molar-refractivity contribution in [2.24, 2.45) is 0 Å². The number of fused-ring (bicyclic) bond motifs is 1. The maximum atomic E-state index is 10.9. The summed E-state index contributed by atoms with van der Waals surface area (Å²) in [5, 5.41) is 11.6. The zero-order valence-corrected chi connectivity index (χ0v) is 12.4. The summed E-state index contributed by atoms with van der Waals surface area (Å²) in [5.41, 5.74) is 0.214. The number of nitrogens with zero attached hydrogens (tertiary/aromatic N) is 2. The number of thioether (sulfide) groups is 1. The Kier molecular flexibility index (Phi) is 4.46. The summed E-state index contributed by atoms with van der Waals surface area (Å²) >= 11 is 1.27. The number of non-ortho nitro benzene ring substituents is 1. The fourth-order valence-corrected chi connectivity index (χ4v) is 4.06. The molecule has 0 atom stereocenters. The molecule has 1 heterocycles. The molecule has 0 spiro atoms. The van der Waals surface area contributed by atoms with Crippen LogP contribution < -0.4 is 0 Å². The molecule has 6 nitrogen and oxygen atoms in total. The second-order valence-corrected chi connectivity index (χ2v) is 7.86. The Morgan fingerprint density at radius 1 is 1.35 bits per heavy atom. The van der Waals surface area contributed by atoms with Crippen molar-refractivity contribution in [2.75, 3.05) is 11.5 Å². The molecule has 20 heavy (non-hydrogen) atoms. The third-order valence-electron chi connectivity index (χ3n) is 2.49. The Morgan fingerprint density at radius 2 is 2.10 bits per heavy atom. The smallest absolute Gasteiger partial charge is 0.258 e. The molecule has 0 N–H and O–H groups in total. The number of aromatic nitrogens is 1. The number of pyridine rings is 1. The van der Waals surface area contributed by atoms with Crippen LogP contribution >= 0.6 is 22.4 Å². The van der Waals surface area contributed by atoms with E-state index in [1.54, 1.807) is 18.2 Å². The zero-order chi connectivity index (χ0) is 14.8. The van der Waals surface area contributed by atoms with Gasteiger partial charge in [-0.15, -0.1) is 11.8 Å². The summed E-state index contributed by atoms with van der Waals surface area (Å²) in [4.78, 5) is 15.2. The summed E-state index contributed by atoms with van der Waals surface area (Å²) in [6.45, 7) is 0. The minimum Gasteiger partial charge on any atom is -0.258 e. The molecule has 0 radical (unpaired) electrons. The van der Waals surface area contributed by atoms with Crippen LogP contribution in [0.1, 0.15) is 0 Å². The molecule has 0 saturated heterocycles. The van der Waals surface area contributed by atoms with Crippen LogP contribution in [0.25, 0.3) is 10.9 Å². The van der Waals surface area contributed by atoms with Crippen molar-refractivity contribution in [3.63, 3.8) is 0 Å². The van der Waals surface area contributed by atoms with Crippen LogP contribution in [0.2, 0.25) is 0 Å². The molecule has 0 fully saturated rings. The number of hydrogen-bond donors (Lipinski definition) is 0. The van der Waals surface area contributed by atoms with E-state index < -0.39 is 14.0 Å². The highest BCUT2D eigenvalue weighted by Crippen LogP contribution is 2.32. The third kappa shape index (κ3) is 3.59. The van der Waals surface area contributed by atoms with Crippen LogP contribution in [0.3, 0.4) is 0 Å². The van der Waals surface area contributed by atoms with E-state index in [1.807, 2.05) is 0 Å². The SMILES string of the molecule is O=[N+]([O-])c1ccc(SCCS(=O)(=O)Cl)c2cccnc12. The summed E-state index contributed by atoms with van der Waals surface area (Å²) in [6, 6.07) is 6.35. The Bertz CT molecular complexity index is 764. The molecule has 2 aromatic rings. The van der Waals surface area contributed by atoms with Gasteiger partial charge in [-0.25, -0.2) is 13.4 Å². The highest BCUT2D eigenvalue weighted by molar-refractivity contribution is 8.14. The van der Waals surface area contributed by atoms with Crippen molar-refractivity contribution in [1.82, 2.24) is 4.98 Å². The van der Waals surface area contributed by atoms with Crippen LogP contribution in [0.5, 0.6) is 0 Å². The van der Waals surface area contributed by atoms with Gasteiger partial charge in [0.15, 0.2) is 0 Å². The fourth-order valence-electron chi connectivity index (χ4n) is 1.66. The molecule has 0 unspecified atom stereocenters. The van der Waals surface area contributed by atoms with Gasteiger partial charge < -0.3 is 0 Å². The van der Waals surface area contributed by atoms with E-state index >= 15 is 0 Å². The topological polar surface area (TPSA) is 90.2 Å². The second-order valence-electron chi connectivity index (χ2n) is 3.83. The predicted octanol–water partition coefficient (Wildman–Crippen LogP) is 2.80. The molecular weight excluding hydrogens is 324 g/mol. The van der Waals surface area contributed by atoms with Crippen LogP contribution in [-0.2, 0) is 9.05 Å². The van der Waals surface area contributed by atoms with Gasteiger partial charge in [-0.2, -0.15) is 0 Å². The number of rotatable bonds is 5. The lowest BCUT2D eigenvalue weighted by molar-refractivity contribution is -0.383. The minimum absolute atomic E-state index is 0.0742. The van der Waals surface area contributed by atoms with E-state index in [4.69, 9.17) is 10.7 Å². The summed E-state index contributed by atoms with van der Waals surface area (Å²) < 4.78 is 21.8. The maximum absolute atomic E-state index is 10.9. The van der Waals surface area contributed by atoms with Crippen LogP contribution in [0, 0.1) is 10.1 Å². The summed E-state index contributed by atoms with van der Waals surface area (Å²) in [5.74, 6) is 0.103. The van der Waals surface area contributed by atoms with E-state index in [1.165, 1.54) is 24.0 Å². The van der Waals surface area contributed by atoms with Gasteiger partial charge in [-0.1, -0.05) is 0 Å². The molecule has 9 heteroatoms. The van der Waals surface area contributed by atoms with Crippen LogP contribution in [-0.4, -0.2) is 29.8 Å². The van der Waals surface area contributed by atoms with E-state index in [2.05, 4.69) is 4.98 Å². The first kappa shape index (κ1) is 15.0. The number of halogens is 1. The second kappa shape index (κ2) is 5.94. The van der Waals surface area contributed by atoms with E-state index in [9.17, 15) is 18.5 Å². The lowest BCUT2D eigenvalue weighted by Gasteiger charge is -2.05. The first-order valence-corrected chi connectivity index (χ1v) is 8.92. The summed E-state index contributed by atoms with van der Waals surface area (Å²) in [7, 11) is 1.60. The van der Waals surface area contributed by atoms with Crippen molar-refractivity contribution in [2.45, 2.75) is 4.90 Å². The van der Waals surface area contributed by atoms with E-state index in [-0.39, 0.29) is 22.7 Å². The minimum atomic E-state index is -3.54. The molecule has 0 aliphatic heterocycles. The largest absolute Gasteiger partial charge is 0.295 e. The number of nitro groups is 1. The lowest BCUT2D eigenvalue weighted by atomic mass is 10.2. The zero-order valence-electron chi connectivity index (χ0n) is 10.0. The van der Waals surface area contributed by atoms with Gasteiger partial charge in [0.1, 0.15) is 5.52 Å². The van der Waals surface area contributed by atoms with Crippen molar-refractivity contribution in [3.05, 3.63) is 40.6 Å². The standard InChI is InChI=1S/C11H9ClN2O4S2/c12-20(17,18)7-6-19-10-4-3-9(14(15)16)11-8(10)2-1-5-13-11/h1-5H,6-7H2. The van der Waals surface area contributed by atoms with Crippen molar-refractivity contribution in [3.8, 4) is 0 Å². The molecule has 0 aliphatic rings. The number of benzene rings is 1. The van der Waals surface area contributed by atoms with Crippen molar-refractivity contribution < 1.29 is 13.3 Å². The Labute approximate surface area is 123 Å². The first-order valence-electron chi connectivity index (χ1n) is 5.46. The van der Waals surface area contributed by atoms with E-state index in [0.717, 1.165) is 4.90 Å². The highest BCUT2D eigenvalue weighted by atomic mass is 35.7. The molecular formula is C11H9ClN2O4S2. The summed E-state index contributed by atoms with van der Waals surface area (Å²) in [6.07, 6.45) is 1.48. The molecule has 0 saturated carbocycles. The number of hydrogen-bond acceptors (Lipinski definition) is 6. The molecule has 106 valence electrons. The Balaban J connectivity index is 2.36. The fraction of sp³-hybridized carbons (Fsp3) is 0.182. The number of nitro benzene ring substituents is 1. The first-order chi connectivity index (χ1) is 9.38.